The number of aromatic nitrogens is 12. The van der Waals surface area contributed by atoms with Crippen molar-refractivity contribution in [3.63, 3.8) is 0 Å². The molecule has 0 aromatic carbocycles. The summed E-state index contributed by atoms with van der Waals surface area (Å²) in [5, 5.41) is 75.4. The van der Waals surface area contributed by atoms with Gasteiger partial charge in [0.15, 0.2) is 47.2 Å². The number of fused-ring (bicyclic) bond motifs is 2. The fourth-order valence-electron chi connectivity index (χ4n) is 8.66. The van der Waals surface area contributed by atoms with Gasteiger partial charge in [-0.25, -0.2) is 42.1 Å². The van der Waals surface area contributed by atoms with Crippen LogP contribution in [0.25, 0.3) is 22.3 Å². The molecule has 6 aromatic heterocycles. The molecule has 430 valence electrons. The normalized spacial score (nSPS) is 32.9. The van der Waals surface area contributed by atoms with Crippen LogP contribution in [0.4, 0.5) is 29.3 Å². The molecule has 4 aliphatic heterocycles. The molecule has 0 bridgehead atoms. The largest absolute Gasteiger partial charge is 0.394 e. The zero-order valence-corrected chi connectivity index (χ0v) is 41.1. The molecule has 4 aliphatic rings. The van der Waals surface area contributed by atoms with Crippen LogP contribution in [0.2, 0.25) is 0 Å². The first-order chi connectivity index (χ1) is 38.3. The summed E-state index contributed by atoms with van der Waals surface area (Å²) in [6.07, 6.45) is 7.98. The number of alkyl halides is 4. The number of terminal acetylenes is 4. The molecule has 15 N–H and O–H groups in total. The van der Waals surface area contributed by atoms with Gasteiger partial charge in [-0.2, -0.15) is 9.97 Å². The van der Waals surface area contributed by atoms with Crippen LogP contribution in [-0.2, 0) is 18.9 Å². The van der Waals surface area contributed by atoms with Crippen LogP contribution in [0.3, 0.4) is 0 Å². The molecular weight excluding hydrogens is 1100 g/mol. The van der Waals surface area contributed by atoms with E-state index in [1.54, 1.807) is 11.8 Å². The molecule has 0 spiro atoms. The fourth-order valence-corrected chi connectivity index (χ4v) is 8.66. The van der Waals surface area contributed by atoms with Gasteiger partial charge in [0.05, 0.1) is 45.4 Å². The van der Waals surface area contributed by atoms with Crippen LogP contribution in [-0.4, -0.2) is 197 Å². The number of anilines is 2. The van der Waals surface area contributed by atoms with Crippen molar-refractivity contribution >= 4 is 34.1 Å². The lowest BCUT2D eigenvalue weighted by atomic mass is 9.97. The van der Waals surface area contributed by atoms with Crippen LogP contribution in [0.1, 0.15) is 24.9 Å². The SMILES string of the molecule is C#CC1(F)[C@@H](O)[C@@H](CO)O[C@H]1n1ccc(=O)[nH]c1=O.C#CC1(F)[C@@H](O)[C@@H](CO)O[C@H]1n1ccc(N)nc1=O.C#CC1(F)[C@@H](O)[C@@H](CO)O[C@H]1n1cnc2c(=O)[nH]c(N)nc21.C#CC1(F)[C@@H](O)[C@@H](CO)O[C@H]1n1cnc2c(=O)[nH]cnc21. The Balaban J connectivity index is 0.000000156. The lowest BCUT2D eigenvalue weighted by Gasteiger charge is -2.23. The number of rotatable bonds is 8. The number of aliphatic hydroxyl groups is 8. The number of H-pyrrole nitrogens is 3. The maximum atomic E-state index is 14.9. The Kier molecular flexibility index (Phi) is 17.2. The molecule has 35 heteroatoms. The Morgan fingerprint density at radius 2 is 0.951 bits per heavy atom. The van der Waals surface area contributed by atoms with E-state index in [0.717, 1.165) is 55.7 Å². The summed E-state index contributed by atoms with van der Waals surface area (Å²) in [5.41, 5.74) is -3.40. The zero-order chi connectivity index (χ0) is 59.7. The highest BCUT2D eigenvalue weighted by Gasteiger charge is 2.61. The maximum Gasteiger partial charge on any atom is 0.351 e. The van der Waals surface area contributed by atoms with Crippen LogP contribution in [0, 0.1) is 49.4 Å². The van der Waals surface area contributed by atoms with Crippen molar-refractivity contribution < 1.29 is 77.4 Å². The van der Waals surface area contributed by atoms with Gasteiger partial charge in [0, 0.05) is 18.5 Å². The topological polar surface area (TPSA) is 468 Å². The monoisotopic (exact) mass is 1140 g/mol. The number of nitrogens with zero attached hydrogens (tertiary/aromatic N) is 9. The summed E-state index contributed by atoms with van der Waals surface area (Å²) >= 11 is 0. The third-order valence-electron chi connectivity index (χ3n) is 12.9. The third-order valence-corrected chi connectivity index (χ3v) is 12.9. The number of aromatic amines is 3. The minimum absolute atomic E-state index is 0.0117. The third kappa shape index (κ3) is 10.4. The Bertz CT molecular complexity index is 3790. The Labute approximate surface area is 448 Å². The summed E-state index contributed by atoms with van der Waals surface area (Å²) in [6, 6.07) is 2.25. The van der Waals surface area contributed by atoms with Crippen molar-refractivity contribution in [2.45, 2.75) is 96.4 Å². The van der Waals surface area contributed by atoms with E-state index in [1.165, 1.54) is 6.07 Å². The zero-order valence-electron chi connectivity index (χ0n) is 41.1. The molecule has 4 saturated heterocycles. The minimum Gasteiger partial charge on any atom is -0.394 e. The molecule has 81 heavy (non-hydrogen) atoms. The second-order valence-corrected chi connectivity index (χ2v) is 17.7. The molecule has 4 unspecified atom stereocenters. The average molecular weight is 1140 g/mol. The maximum absolute atomic E-state index is 14.9. The summed E-state index contributed by atoms with van der Waals surface area (Å²) in [6.45, 7) is -2.54. The molecule has 16 atom stereocenters. The van der Waals surface area contributed by atoms with Crippen LogP contribution >= 0.6 is 0 Å². The number of hydrogen-bond donors (Lipinski definition) is 13. The number of hydrogen-bond acceptors (Lipinski definition) is 24. The molecule has 31 nitrogen and oxygen atoms in total. The van der Waals surface area contributed by atoms with Gasteiger partial charge in [0.2, 0.25) is 28.6 Å². The standard InChI is InChI=1S/C12H12FN5O4.C12H11FN4O4.C11H12FN3O4.C11H11FN2O5/c1-2-12(13)7(20)5(3-19)22-10(12)18-4-15-6-8(18)16-11(14)17-9(6)21;1-2-12(13)8(19)6(3-18)21-11(12)17-5-16-7-9(17)14-4-15-10(7)20;1-2-11(12)8(17)6(5-16)19-9(11)15-4-3-7(13)14-10(15)18;1-2-11(12)8(17)6(5-15)19-9(11)14-4-3-7(16)13-10(14)18/h1,4-5,7,10,19-20H,3H2,(H3,14,16,17,21);1,4-6,8,11,18-19H,3H2,(H,14,15,20);1,3-4,6,8-9,16-17H,5H2,(H2,13,14,18);1,3-4,6,8-9,15,17H,5H2,(H,13,16,18)/t5-,7+,10-,12?;6-,8+,11-,12?;2*6-,8+,9-,11?/m1111/s1. The molecule has 6 aromatic rings. The fraction of sp³-hybridized carbons (Fsp3) is 0.435. The number of nitrogen functional groups attached to an aromatic ring is 2. The highest BCUT2D eigenvalue weighted by Crippen LogP contribution is 2.44. The summed E-state index contributed by atoms with van der Waals surface area (Å²) in [4.78, 5) is 82.8. The first kappa shape index (κ1) is 60.0. The first-order valence-electron chi connectivity index (χ1n) is 23.1. The smallest absolute Gasteiger partial charge is 0.351 e. The minimum atomic E-state index is -2.69. The van der Waals surface area contributed by atoms with E-state index in [2.05, 4.69) is 34.9 Å². The van der Waals surface area contributed by atoms with E-state index in [-0.39, 0.29) is 34.1 Å². The quantitative estimate of drug-likeness (QED) is 0.0498. The second-order valence-electron chi connectivity index (χ2n) is 17.7. The van der Waals surface area contributed by atoms with E-state index >= 15 is 0 Å². The Morgan fingerprint density at radius 3 is 1.36 bits per heavy atom. The van der Waals surface area contributed by atoms with Crippen LogP contribution in [0.15, 0.2) is 67.5 Å². The molecule has 10 rings (SSSR count). The predicted molar refractivity (Wildman–Crippen MR) is 264 cm³/mol. The average Bonchev–Trinajstić information content (AvgIpc) is 4.45. The number of imidazole rings is 2. The van der Waals surface area contributed by atoms with Gasteiger partial charge in [-0.05, 0) is 6.07 Å². The molecular formula is C46H46F4N14O17. The number of nitrogens with two attached hydrogens (primary N) is 2. The van der Waals surface area contributed by atoms with Crippen molar-refractivity contribution in [2.24, 2.45) is 0 Å². The van der Waals surface area contributed by atoms with Crippen LogP contribution in [0.5, 0.6) is 0 Å². The van der Waals surface area contributed by atoms with Crippen molar-refractivity contribution in [2.75, 3.05) is 37.9 Å². The molecule has 0 radical (unpaired) electrons. The van der Waals surface area contributed by atoms with Crippen molar-refractivity contribution in [1.82, 2.24) is 58.1 Å². The highest BCUT2D eigenvalue weighted by atomic mass is 19.2. The molecule has 10 heterocycles. The number of aliphatic hydroxyl groups excluding tert-OH is 8. The lowest BCUT2D eigenvalue weighted by molar-refractivity contribution is -0.0543. The van der Waals surface area contributed by atoms with E-state index in [0.29, 0.717) is 0 Å². The van der Waals surface area contributed by atoms with E-state index < -0.39 is 151 Å². The lowest BCUT2D eigenvalue weighted by Crippen LogP contribution is -2.44. The van der Waals surface area contributed by atoms with Crippen LogP contribution < -0.4 is 39.5 Å². The summed E-state index contributed by atoms with van der Waals surface area (Å²) < 4.78 is 83.3. The Hall–Kier alpha value is -8.66. The molecule has 0 aliphatic carbocycles. The molecule has 4 fully saturated rings. The predicted octanol–water partition coefficient (Wildman–Crippen LogP) is -6.45. The number of ether oxygens (including phenoxy) is 4. The van der Waals surface area contributed by atoms with E-state index in [9.17, 15) is 62.0 Å². The van der Waals surface area contributed by atoms with Gasteiger partial charge in [0.25, 0.3) is 16.7 Å². The second kappa shape index (κ2) is 23.2. The van der Waals surface area contributed by atoms with Gasteiger partial charge >= 0.3 is 11.4 Å². The first-order valence-corrected chi connectivity index (χ1v) is 23.1. The van der Waals surface area contributed by atoms with Crippen molar-refractivity contribution in [1.29, 1.82) is 0 Å². The summed E-state index contributed by atoms with van der Waals surface area (Å²) in [7, 11) is 0. The number of nitrogens with one attached hydrogen (secondary N) is 3. The van der Waals surface area contributed by atoms with Gasteiger partial charge in [0.1, 0.15) is 54.6 Å². The van der Waals surface area contributed by atoms with Gasteiger partial charge in [-0.15, -0.1) is 25.7 Å². The van der Waals surface area contributed by atoms with Crippen molar-refractivity contribution in [3.05, 3.63) is 95.5 Å². The number of halogens is 4. The molecule has 0 saturated carbocycles. The molecule has 0 amide bonds. The van der Waals surface area contributed by atoms with E-state index in [4.69, 9.17) is 76.5 Å². The van der Waals surface area contributed by atoms with Gasteiger partial charge in [-0.3, -0.25) is 42.6 Å². The van der Waals surface area contributed by atoms with E-state index in [1.807, 2.05) is 16.8 Å². The van der Waals surface area contributed by atoms with Gasteiger partial charge in [-0.1, -0.05) is 23.7 Å². The summed E-state index contributed by atoms with van der Waals surface area (Å²) in [5.74, 6) is 6.98. The van der Waals surface area contributed by atoms with Gasteiger partial charge < -0.3 is 76.3 Å². The van der Waals surface area contributed by atoms with Crippen molar-refractivity contribution in [3.8, 4) is 49.4 Å². The Morgan fingerprint density at radius 1 is 0.556 bits per heavy atom. The highest BCUT2D eigenvalue weighted by molar-refractivity contribution is 5.71.